The summed E-state index contributed by atoms with van der Waals surface area (Å²) in [5.41, 5.74) is 0.341. The van der Waals surface area contributed by atoms with Crippen LogP contribution in [0.25, 0.3) is 0 Å². The van der Waals surface area contributed by atoms with E-state index in [0.29, 0.717) is 10.9 Å². The number of aliphatic hydroxyl groups excluding tert-OH is 1. The van der Waals surface area contributed by atoms with Crippen LogP contribution >= 0.6 is 12.6 Å². The lowest BCUT2D eigenvalue weighted by molar-refractivity contribution is 0.0493. The summed E-state index contributed by atoms with van der Waals surface area (Å²) in [4.78, 5) is 12.0. The van der Waals surface area contributed by atoms with Gasteiger partial charge in [-0.25, -0.2) is 4.79 Å². The summed E-state index contributed by atoms with van der Waals surface area (Å²) in [5.74, 6) is 0. The van der Waals surface area contributed by atoms with Crippen molar-refractivity contribution in [2.45, 2.75) is 64.5 Å². The van der Waals surface area contributed by atoms with Crippen molar-refractivity contribution >= 4 is 18.7 Å². The Morgan fingerprint density at radius 3 is 2.26 bits per heavy atom. The van der Waals surface area contributed by atoms with Gasteiger partial charge in [0.05, 0.1) is 6.61 Å². The fourth-order valence-corrected chi connectivity index (χ4v) is 2.27. The van der Waals surface area contributed by atoms with Crippen LogP contribution in [0.1, 0.15) is 52.9 Å². The largest absolute Gasteiger partial charge is 0.444 e. The molecule has 1 rings (SSSR count). The van der Waals surface area contributed by atoms with E-state index in [2.05, 4.69) is 31.1 Å². The molecule has 0 aromatic heterocycles. The summed E-state index contributed by atoms with van der Waals surface area (Å²) in [6, 6.07) is 0.332. The highest BCUT2D eigenvalue weighted by Crippen LogP contribution is 2.18. The Morgan fingerprint density at radius 1 is 1.35 bits per heavy atom. The molecule has 1 fully saturated rings. The van der Waals surface area contributed by atoms with Gasteiger partial charge in [-0.15, -0.1) is 12.6 Å². The van der Waals surface area contributed by atoms with Crippen molar-refractivity contribution in [1.82, 2.24) is 5.32 Å². The molecule has 2 N–H and O–H groups in total. The molecule has 132 valence electrons. The van der Waals surface area contributed by atoms with Gasteiger partial charge in [0.15, 0.2) is 0 Å². The molecule has 0 unspecified atom stereocenters. The first-order chi connectivity index (χ1) is 10.7. The van der Waals surface area contributed by atoms with Crippen LogP contribution in [0.2, 0.25) is 0 Å². The third-order valence-corrected chi connectivity index (χ3v) is 3.25. The molecule has 1 aliphatic carbocycles. The van der Waals surface area contributed by atoms with Crippen molar-refractivity contribution in [2.75, 3.05) is 6.61 Å². The molecule has 0 radical (unpaired) electrons. The van der Waals surface area contributed by atoms with E-state index >= 15 is 0 Å². The third-order valence-electron chi connectivity index (χ3n) is 3.12. The Kier molecular flexibility index (Phi) is 10.8. The lowest BCUT2D eigenvalue weighted by atomic mass is 9.96. The second kappa shape index (κ2) is 11.4. The van der Waals surface area contributed by atoms with Gasteiger partial charge in [0.1, 0.15) is 5.60 Å². The van der Waals surface area contributed by atoms with E-state index < -0.39 is 5.60 Å². The van der Waals surface area contributed by atoms with Crippen molar-refractivity contribution < 1.29 is 14.6 Å². The van der Waals surface area contributed by atoms with E-state index in [1.54, 1.807) is 12.2 Å². The summed E-state index contributed by atoms with van der Waals surface area (Å²) in [6.45, 7) is 12.6. The van der Waals surface area contributed by atoms with Crippen LogP contribution in [-0.2, 0) is 4.74 Å². The number of allylic oxidation sites excluding steroid dienone is 1. The second-order valence-electron chi connectivity index (χ2n) is 6.55. The number of alkyl carbamates (subject to hydrolysis) is 1. The van der Waals surface area contributed by atoms with Gasteiger partial charge >= 0.3 is 6.09 Å². The van der Waals surface area contributed by atoms with E-state index in [1.165, 1.54) is 19.3 Å². The Hall–Kier alpha value is -1.20. The number of carbonyl (C=O) groups is 1. The molecule has 0 heterocycles. The molecule has 0 aromatic rings. The monoisotopic (exact) mass is 341 g/mol. The zero-order chi connectivity index (χ0) is 17.9. The van der Waals surface area contributed by atoms with Gasteiger partial charge in [-0.1, -0.05) is 38.5 Å². The molecule has 0 spiro atoms. The molecule has 23 heavy (non-hydrogen) atoms. The molecule has 0 saturated heterocycles. The van der Waals surface area contributed by atoms with E-state index in [9.17, 15) is 4.79 Å². The minimum absolute atomic E-state index is 0.0108. The maximum atomic E-state index is 11.4. The Labute approximate surface area is 146 Å². The molecular weight excluding hydrogens is 310 g/mol. The predicted octanol–water partition coefficient (Wildman–Crippen LogP) is 4.38. The zero-order valence-corrected chi connectivity index (χ0v) is 15.5. The first kappa shape index (κ1) is 21.8. The molecular formula is C18H31NO3S. The topological polar surface area (TPSA) is 58.6 Å². The summed E-state index contributed by atoms with van der Waals surface area (Å²) in [6.07, 6.45) is 8.90. The number of hydrogen-bond acceptors (Lipinski definition) is 4. The molecule has 0 aromatic carbocycles. The lowest BCUT2D eigenvalue weighted by Gasteiger charge is -2.25. The fourth-order valence-electron chi connectivity index (χ4n) is 2.10. The smallest absolute Gasteiger partial charge is 0.407 e. The van der Waals surface area contributed by atoms with E-state index in [0.717, 1.165) is 18.4 Å². The minimum Gasteiger partial charge on any atom is -0.444 e. The zero-order valence-electron chi connectivity index (χ0n) is 14.6. The highest BCUT2D eigenvalue weighted by molar-refractivity contribution is 7.84. The Balaban J connectivity index is 0.000000468. The first-order valence-electron chi connectivity index (χ1n) is 7.99. The van der Waals surface area contributed by atoms with Gasteiger partial charge in [0.2, 0.25) is 0 Å². The second-order valence-corrected chi connectivity index (χ2v) is 7.13. The molecule has 5 heteroatoms. The maximum Gasteiger partial charge on any atom is 0.407 e. The Bertz CT molecular complexity index is 418. The summed E-state index contributed by atoms with van der Waals surface area (Å²) in [7, 11) is 0. The Morgan fingerprint density at radius 2 is 1.91 bits per heavy atom. The molecule has 0 bridgehead atoms. The van der Waals surface area contributed by atoms with Crippen molar-refractivity contribution in [3.05, 3.63) is 35.8 Å². The van der Waals surface area contributed by atoms with Crippen LogP contribution < -0.4 is 5.32 Å². The van der Waals surface area contributed by atoms with Gasteiger partial charge in [0.25, 0.3) is 0 Å². The standard InChI is InChI=1S/C11H21NO2.C7H10OS/c1-11(2,3)14-10(13)12-9-7-5-4-6-8-9;1-3-7(5-8)4-6(2)9/h9H,4-8H2,1-3H3,(H,12,13);3-4,8-9H,1-2,5H2/b;7-4+. The van der Waals surface area contributed by atoms with Crippen LogP contribution in [0.15, 0.2) is 35.8 Å². The number of rotatable bonds is 4. The van der Waals surface area contributed by atoms with Crippen LogP contribution in [0.5, 0.6) is 0 Å². The SMILES string of the molecule is C=C/C(=C\C(=C)S)CO.CC(C)(C)OC(=O)NC1CCCCC1. The van der Waals surface area contributed by atoms with Crippen molar-refractivity contribution in [3.8, 4) is 0 Å². The van der Waals surface area contributed by atoms with Crippen LogP contribution in [0.4, 0.5) is 4.79 Å². The maximum absolute atomic E-state index is 11.4. The number of thiol groups is 1. The van der Waals surface area contributed by atoms with Crippen molar-refractivity contribution in [1.29, 1.82) is 0 Å². The number of carbonyl (C=O) groups excluding carboxylic acids is 1. The summed E-state index contributed by atoms with van der Waals surface area (Å²) >= 11 is 3.92. The molecule has 0 aliphatic heterocycles. The average Bonchev–Trinajstić information content (AvgIpc) is 2.44. The summed E-state index contributed by atoms with van der Waals surface area (Å²) < 4.78 is 5.19. The predicted molar refractivity (Wildman–Crippen MR) is 99.7 cm³/mol. The van der Waals surface area contributed by atoms with Gasteiger partial charge in [-0.2, -0.15) is 0 Å². The molecule has 4 nitrogen and oxygen atoms in total. The van der Waals surface area contributed by atoms with Gasteiger partial charge in [-0.05, 0) is 50.2 Å². The van der Waals surface area contributed by atoms with E-state index in [-0.39, 0.29) is 12.7 Å². The number of nitrogens with one attached hydrogen (secondary N) is 1. The summed E-state index contributed by atoms with van der Waals surface area (Å²) in [5, 5.41) is 11.5. The number of hydrogen-bond donors (Lipinski definition) is 3. The highest BCUT2D eigenvalue weighted by atomic mass is 32.1. The normalized spacial score (nSPS) is 16.0. The number of aliphatic hydroxyl groups is 1. The van der Waals surface area contributed by atoms with Gasteiger partial charge in [0, 0.05) is 6.04 Å². The van der Waals surface area contributed by atoms with E-state index in [1.807, 2.05) is 20.8 Å². The van der Waals surface area contributed by atoms with Crippen LogP contribution in [0.3, 0.4) is 0 Å². The number of amides is 1. The quantitative estimate of drug-likeness (QED) is 0.525. The lowest BCUT2D eigenvalue weighted by Crippen LogP contribution is -2.39. The van der Waals surface area contributed by atoms with Crippen molar-refractivity contribution in [2.24, 2.45) is 0 Å². The highest BCUT2D eigenvalue weighted by Gasteiger charge is 2.20. The molecule has 1 amide bonds. The van der Waals surface area contributed by atoms with E-state index in [4.69, 9.17) is 9.84 Å². The number of ether oxygens (including phenoxy) is 1. The van der Waals surface area contributed by atoms with Crippen LogP contribution in [-0.4, -0.2) is 29.4 Å². The third kappa shape index (κ3) is 13.0. The molecule has 1 saturated carbocycles. The fraction of sp³-hybridized carbons (Fsp3) is 0.611. The molecule has 1 aliphatic rings. The average molecular weight is 342 g/mol. The van der Waals surface area contributed by atoms with Crippen molar-refractivity contribution in [3.63, 3.8) is 0 Å². The van der Waals surface area contributed by atoms with Gasteiger partial charge < -0.3 is 15.2 Å². The molecule has 0 atom stereocenters. The van der Waals surface area contributed by atoms with Gasteiger partial charge in [-0.3, -0.25) is 0 Å². The van der Waals surface area contributed by atoms with Crippen LogP contribution in [0, 0.1) is 0 Å². The first-order valence-corrected chi connectivity index (χ1v) is 8.44. The minimum atomic E-state index is -0.390.